The van der Waals surface area contributed by atoms with Gasteiger partial charge in [-0.05, 0) is 45.4 Å². The maximum absolute atomic E-state index is 11.3. The van der Waals surface area contributed by atoms with Crippen LogP contribution in [0.4, 0.5) is 0 Å². The molecule has 2 rings (SSSR count). The quantitative estimate of drug-likeness (QED) is 0.740. The fourth-order valence-electron chi connectivity index (χ4n) is 2.32. The van der Waals surface area contributed by atoms with Gasteiger partial charge in [0.15, 0.2) is 0 Å². The van der Waals surface area contributed by atoms with Crippen LogP contribution in [0.2, 0.25) is 0 Å². The molecule has 1 amide bonds. The third-order valence-electron chi connectivity index (χ3n) is 3.65. The first-order valence-electron chi connectivity index (χ1n) is 8.27. The van der Waals surface area contributed by atoms with Crippen LogP contribution in [0.5, 0.6) is 5.75 Å². The van der Waals surface area contributed by atoms with E-state index in [1.165, 1.54) is 0 Å². The summed E-state index contributed by atoms with van der Waals surface area (Å²) < 4.78 is 5.84. The van der Waals surface area contributed by atoms with E-state index >= 15 is 0 Å². The summed E-state index contributed by atoms with van der Waals surface area (Å²) in [5, 5.41) is 17.5. The van der Waals surface area contributed by atoms with Crippen LogP contribution in [0.25, 0.3) is 0 Å². The smallest absolute Gasteiger partial charge is 0.240 e. The summed E-state index contributed by atoms with van der Waals surface area (Å²) in [4.78, 5) is 11.3. The summed E-state index contributed by atoms with van der Waals surface area (Å²) in [5.74, 6) is 0.608. The van der Waals surface area contributed by atoms with Crippen molar-refractivity contribution in [1.29, 1.82) is 0 Å². The standard InChI is InChI=1S/C18H27N3O3/c1-12-5-6-14(15-7-8-17(23)21-20-15)16(9-12)24-11-13(22)10-19-18(2,3)4/h5-6,9,13,19,22H,7-8,10-11H2,1-4H3,(H,21,23). The molecular weight excluding hydrogens is 306 g/mol. The van der Waals surface area contributed by atoms with Gasteiger partial charge in [0, 0.05) is 30.5 Å². The monoisotopic (exact) mass is 333 g/mol. The van der Waals surface area contributed by atoms with Gasteiger partial charge in [0.05, 0.1) is 5.71 Å². The van der Waals surface area contributed by atoms with Gasteiger partial charge >= 0.3 is 0 Å². The Hall–Kier alpha value is -1.92. The molecule has 1 aromatic carbocycles. The number of aryl methyl sites for hydroxylation is 1. The fourth-order valence-corrected chi connectivity index (χ4v) is 2.32. The zero-order valence-corrected chi connectivity index (χ0v) is 14.8. The lowest BCUT2D eigenvalue weighted by molar-refractivity contribution is -0.121. The topological polar surface area (TPSA) is 83.0 Å². The number of β-amino-alcohol motifs (C(OH)–C–C–N with tert-alkyl or cyclic N) is 1. The van der Waals surface area contributed by atoms with E-state index in [-0.39, 0.29) is 18.1 Å². The molecule has 132 valence electrons. The van der Waals surface area contributed by atoms with Gasteiger partial charge in [0.25, 0.3) is 0 Å². The highest BCUT2D eigenvalue weighted by Gasteiger charge is 2.18. The zero-order valence-electron chi connectivity index (χ0n) is 14.8. The minimum Gasteiger partial charge on any atom is -0.490 e. The maximum Gasteiger partial charge on any atom is 0.240 e. The number of hydrogen-bond donors (Lipinski definition) is 3. The first-order valence-corrected chi connectivity index (χ1v) is 8.27. The molecule has 0 spiro atoms. The largest absolute Gasteiger partial charge is 0.490 e. The average Bonchev–Trinajstić information content (AvgIpc) is 2.51. The van der Waals surface area contributed by atoms with E-state index < -0.39 is 6.10 Å². The van der Waals surface area contributed by atoms with Crippen LogP contribution in [0.15, 0.2) is 23.3 Å². The summed E-state index contributed by atoms with van der Waals surface area (Å²) in [6.45, 7) is 8.79. The normalized spacial score (nSPS) is 16.4. The van der Waals surface area contributed by atoms with Crippen molar-refractivity contribution >= 4 is 11.6 Å². The van der Waals surface area contributed by atoms with Crippen molar-refractivity contribution in [2.24, 2.45) is 5.10 Å². The van der Waals surface area contributed by atoms with Crippen molar-refractivity contribution in [3.8, 4) is 5.75 Å². The van der Waals surface area contributed by atoms with E-state index in [0.29, 0.717) is 25.1 Å². The molecule has 0 aliphatic carbocycles. The summed E-state index contributed by atoms with van der Waals surface area (Å²) in [7, 11) is 0. The number of hydrazone groups is 1. The van der Waals surface area contributed by atoms with Crippen LogP contribution in [0.3, 0.4) is 0 Å². The second-order valence-corrected chi connectivity index (χ2v) is 7.19. The van der Waals surface area contributed by atoms with Gasteiger partial charge in [-0.3, -0.25) is 4.79 Å². The van der Waals surface area contributed by atoms with Crippen molar-refractivity contribution < 1.29 is 14.6 Å². The number of aliphatic hydroxyl groups excluding tert-OH is 1. The van der Waals surface area contributed by atoms with Crippen molar-refractivity contribution in [2.75, 3.05) is 13.2 Å². The van der Waals surface area contributed by atoms with Crippen LogP contribution >= 0.6 is 0 Å². The number of ether oxygens (including phenoxy) is 1. The number of carbonyl (C=O) groups is 1. The summed E-state index contributed by atoms with van der Waals surface area (Å²) in [6.07, 6.45) is 0.398. The summed E-state index contributed by atoms with van der Waals surface area (Å²) in [5.41, 5.74) is 5.18. The van der Waals surface area contributed by atoms with Crippen LogP contribution in [0, 0.1) is 6.92 Å². The minimum atomic E-state index is -0.606. The Balaban J connectivity index is 2.04. The highest BCUT2D eigenvalue weighted by molar-refractivity contribution is 6.06. The molecule has 1 aliphatic rings. The SMILES string of the molecule is Cc1ccc(C2=NNC(=O)CC2)c(OCC(O)CNC(C)(C)C)c1. The third kappa shape index (κ3) is 5.62. The number of rotatable bonds is 6. The van der Waals surface area contributed by atoms with E-state index in [1.54, 1.807) is 0 Å². The van der Waals surface area contributed by atoms with Gasteiger partial charge in [-0.25, -0.2) is 5.43 Å². The molecule has 6 nitrogen and oxygen atoms in total. The molecule has 1 aromatic rings. The Morgan fingerprint density at radius 2 is 2.12 bits per heavy atom. The lowest BCUT2D eigenvalue weighted by Crippen LogP contribution is -2.42. The summed E-state index contributed by atoms with van der Waals surface area (Å²) in [6, 6.07) is 5.86. The van der Waals surface area contributed by atoms with Gasteiger partial charge in [-0.1, -0.05) is 6.07 Å². The van der Waals surface area contributed by atoms with Gasteiger partial charge in [-0.15, -0.1) is 0 Å². The second kappa shape index (κ2) is 7.77. The van der Waals surface area contributed by atoms with Crippen LogP contribution in [-0.4, -0.2) is 41.5 Å². The average molecular weight is 333 g/mol. The van der Waals surface area contributed by atoms with Crippen LogP contribution in [-0.2, 0) is 4.79 Å². The molecule has 0 bridgehead atoms. The molecule has 1 unspecified atom stereocenters. The Bertz CT molecular complexity index is 620. The molecule has 24 heavy (non-hydrogen) atoms. The maximum atomic E-state index is 11.3. The Morgan fingerprint density at radius 3 is 2.75 bits per heavy atom. The Morgan fingerprint density at radius 1 is 1.38 bits per heavy atom. The van der Waals surface area contributed by atoms with Gasteiger partial charge in [-0.2, -0.15) is 5.10 Å². The third-order valence-corrected chi connectivity index (χ3v) is 3.65. The molecule has 0 aromatic heterocycles. The predicted octanol–water partition coefficient (Wildman–Crippen LogP) is 1.74. The molecule has 1 aliphatic heterocycles. The zero-order chi connectivity index (χ0) is 17.7. The van der Waals surface area contributed by atoms with Gasteiger partial charge < -0.3 is 15.2 Å². The number of nitrogens with one attached hydrogen (secondary N) is 2. The molecule has 0 radical (unpaired) electrons. The van der Waals surface area contributed by atoms with E-state index in [4.69, 9.17) is 4.74 Å². The van der Waals surface area contributed by atoms with Gasteiger partial charge in [0.2, 0.25) is 5.91 Å². The van der Waals surface area contributed by atoms with Crippen molar-refractivity contribution in [3.05, 3.63) is 29.3 Å². The molecule has 6 heteroatoms. The molecule has 3 N–H and O–H groups in total. The van der Waals surface area contributed by atoms with E-state index in [9.17, 15) is 9.90 Å². The second-order valence-electron chi connectivity index (χ2n) is 7.19. The first kappa shape index (κ1) is 18.4. The number of amides is 1. The molecular formula is C18H27N3O3. The van der Waals surface area contributed by atoms with Crippen LogP contribution in [0.1, 0.15) is 44.7 Å². The molecule has 1 heterocycles. The Labute approximate surface area is 143 Å². The number of hydrogen-bond acceptors (Lipinski definition) is 5. The van der Waals surface area contributed by atoms with Crippen LogP contribution < -0.4 is 15.5 Å². The van der Waals surface area contributed by atoms with Crippen molar-refractivity contribution in [3.63, 3.8) is 0 Å². The fraction of sp³-hybridized carbons (Fsp3) is 0.556. The summed E-state index contributed by atoms with van der Waals surface area (Å²) >= 11 is 0. The molecule has 0 fully saturated rings. The molecule has 1 atom stereocenters. The molecule has 0 saturated heterocycles. The molecule has 0 saturated carbocycles. The lowest BCUT2D eigenvalue weighted by atomic mass is 10.0. The van der Waals surface area contributed by atoms with E-state index in [2.05, 4.69) is 36.6 Å². The minimum absolute atomic E-state index is 0.0511. The number of aliphatic hydroxyl groups is 1. The number of nitrogens with zero attached hydrogens (tertiary/aromatic N) is 1. The Kier molecular flexibility index (Phi) is 5.96. The van der Waals surface area contributed by atoms with E-state index in [0.717, 1.165) is 16.8 Å². The predicted molar refractivity (Wildman–Crippen MR) is 94.4 cm³/mol. The van der Waals surface area contributed by atoms with Gasteiger partial charge in [0.1, 0.15) is 18.5 Å². The first-order chi connectivity index (χ1) is 11.2. The van der Waals surface area contributed by atoms with Crippen molar-refractivity contribution in [1.82, 2.24) is 10.7 Å². The highest BCUT2D eigenvalue weighted by Crippen LogP contribution is 2.24. The highest BCUT2D eigenvalue weighted by atomic mass is 16.5. The van der Waals surface area contributed by atoms with E-state index in [1.807, 2.05) is 25.1 Å². The number of benzene rings is 1. The lowest BCUT2D eigenvalue weighted by Gasteiger charge is -2.23. The number of carbonyl (C=O) groups excluding carboxylic acids is 1. The van der Waals surface area contributed by atoms with Crippen molar-refractivity contribution in [2.45, 2.75) is 52.2 Å².